The van der Waals surface area contributed by atoms with Crippen LogP contribution in [0.3, 0.4) is 0 Å². The maximum absolute atomic E-state index is 13.3. The second kappa shape index (κ2) is 13.6. The van der Waals surface area contributed by atoms with E-state index in [0.717, 1.165) is 14.3 Å². The van der Waals surface area contributed by atoms with E-state index in [2.05, 4.69) is 27.9 Å². The Labute approximate surface area is 239 Å². The monoisotopic (exact) mass is 638 g/mol. The van der Waals surface area contributed by atoms with Crippen molar-refractivity contribution in [3.63, 3.8) is 0 Å². The first-order valence-electron chi connectivity index (χ1n) is 12.2. The summed E-state index contributed by atoms with van der Waals surface area (Å²) in [5.41, 5.74) is 2.52. The highest BCUT2D eigenvalue weighted by atomic mass is 127. The summed E-state index contributed by atoms with van der Waals surface area (Å²) in [5, 5.41) is 24.2. The zero-order valence-corrected chi connectivity index (χ0v) is 22.9. The fraction of sp³-hybridized carbons (Fsp3) is 0.133. The van der Waals surface area contributed by atoms with Crippen LogP contribution in [0.2, 0.25) is 0 Å². The molecule has 0 heterocycles. The largest absolute Gasteiger partial charge is 0.508 e. The van der Waals surface area contributed by atoms with Crippen molar-refractivity contribution in [1.82, 2.24) is 5.48 Å². The van der Waals surface area contributed by atoms with Crippen molar-refractivity contribution < 1.29 is 29.4 Å². The molecule has 0 aliphatic rings. The summed E-state index contributed by atoms with van der Waals surface area (Å²) in [6, 6.07) is 27.3. The first kappa shape index (κ1) is 27.9. The number of anilines is 1. The normalized spacial score (nSPS) is 12.6. The third kappa shape index (κ3) is 7.71. The number of hydrogen-bond donors (Lipinski definition) is 4. The summed E-state index contributed by atoms with van der Waals surface area (Å²) < 4.78 is 13.1. The van der Waals surface area contributed by atoms with E-state index in [1.165, 1.54) is 6.08 Å². The van der Waals surface area contributed by atoms with Gasteiger partial charge >= 0.3 is 6.09 Å². The smallest absolute Gasteiger partial charge is 0.412 e. The van der Waals surface area contributed by atoms with E-state index < -0.39 is 24.2 Å². The fourth-order valence-electron chi connectivity index (χ4n) is 4.12. The van der Waals surface area contributed by atoms with E-state index in [1.54, 1.807) is 48.0 Å². The number of carbonyl (C=O) groups is 2. The highest BCUT2D eigenvalue weighted by molar-refractivity contribution is 14.1. The molecule has 4 aromatic carbocycles. The van der Waals surface area contributed by atoms with Gasteiger partial charge in [0.05, 0.1) is 5.69 Å². The lowest BCUT2D eigenvalue weighted by atomic mass is 9.99. The zero-order chi connectivity index (χ0) is 27.6. The molecule has 0 radical (unpaired) electrons. The van der Waals surface area contributed by atoms with Gasteiger partial charge in [-0.2, -0.15) is 0 Å². The zero-order valence-electron chi connectivity index (χ0n) is 20.8. The molecule has 4 N–H and O–H groups in total. The number of aromatic hydroxyl groups is 1. The number of benzene rings is 4. The van der Waals surface area contributed by atoms with E-state index in [-0.39, 0.29) is 5.75 Å². The topological polar surface area (TPSA) is 117 Å². The minimum atomic E-state index is -1.00. The second-order valence-corrected chi connectivity index (χ2v) is 9.85. The summed E-state index contributed by atoms with van der Waals surface area (Å²) in [6.45, 7) is 0. The molecular weight excluding hydrogens is 611 g/mol. The molecule has 9 heteroatoms. The number of halogens is 1. The quantitative estimate of drug-likeness (QED) is 0.0663. The highest BCUT2D eigenvalue weighted by Crippen LogP contribution is 2.35. The number of hydrogen-bond acceptors (Lipinski definition) is 6. The van der Waals surface area contributed by atoms with E-state index in [9.17, 15) is 14.7 Å². The minimum absolute atomic E-state index is 0.0461. The second-order valence-electron chi connectivity index (χ2n) is 8.61. The molecule has 0 aliphatic carbocycles. The molecule has 8 nitrogen and oxygen atoms in total. The molecule has 0 saturated carbocycles. The SMILES string of the molecule is O=C(/C=C/CC[C@@H](Oc1ccccc1)[C@H](OC(=O)Nc1cccc2ccccc12)c1cc(I)ccc1O)NO. The summed E-state index contributed by atoms with van der Waals surface area (Å²) in [5.74, 6) is -0.156. The Hall–Kier alpha value is -4.09. The molecule has 200 valence electrons. The van der Waals surface area contributed by atoms with Crippen LogP contribution < -0.4 is 15.5 Å². The van der Waals surface area contributed by atoms with Crippen molar-refractivity contribution in [2.24, 2.45) is 0 Å². The standard InChI is InChI=1S/C30H27IN2O6/c31-21-17-18-26(34)24(19-21)29(39-30(36)32-25-14-8-10-20-9-4-5-13-23(20)25)27(15-6-7-16-28(35)33-37)38-22-11-2-1-3-12-22/h1-5,7-14,16-19,27,29,34,37H,6,15H2,(H,32,36)(H,33,35)/b16-7+/t27-,29-/m1/s1. The number of nitrogens with one attached hydrogen (secondary N) is 2. The van der Waals surface area contributed by atoms with E-state index in [1.807, 2.05) is 54.6 Å². The van der Waals surface area contributed by atoms with Crippen LogP contribution in [0.15, 0.2) is 103 Å². The average Bonchev–Trinajstić information content (AvgIpc) is 2.95. The lowest BCUT2D eigenvalue weighted by molar-refractivity contribution is -0.124. The van der Waals surface area contributed by atoms with Gasteiger partial charge in [0.2, 0.25) is 0 Å². The third-order valence-corrected chi connectivity index (χ3v) is 6.59. The Morgan fingerprint density at radius 3 is 2.49 bits per heavy atom. The minimum Gasteiger partial charge on any atom is -0.508 e. The van der Waals surface area contributed by atoms with Gasteiger partial charge in [-0.1, -0.05) is 60.7 Å². The molecule has 0 spiro atoms. The Morgan fingerprint density at radius 1 is 0.949 bits per heavy atom. The molecule has 2 atom stereocenters. The molecule has 0 bridgehead atoms. The molecule has 0 aromatic heterocycles. The Kier molecular flexibility index (Phi) is 9.76. The Bertz CT molecular complexity index is 1460. The van der Waals surface area contributed by atoms with Crippen molar-refractivity contribution in [3.05, 3.63) is 112 Å². The lowest BCUT2D eigenvalue weighted by Crippen LogP contribution is -2.31. The van der Waals surface area contributed by atoms with Crippen molar-refractivity contribution in [2.75, 3.05) is 5.32 Å². The average molecular weight is 638 g/mol. The van der Waals surface area contributed by atoms with Gasteiger partial charge in [0.1, 0.15) is 17.6 Å². The molecule has 0 aliphatic heterocycles. The summed E-state index contributed by atoms with van der Waals surface area (Å²) in [6.07, 6.45) is 1.00. The van der Waals surface area contributed by atoms with E-state index in [0.29, 0.717) is 29.8 Å². The van der Waals surface area contributed by atoms with Gasteiger partial charge in [-0.3, -0.25) is 15.3 Å². The molecule has 0 unspecified atom stereocenters. The van der Waals surface area contributed by atoms with Gasteiger partial charge in [0.25, 0.3) is 5.91 Å². The Balaban J connectivity index is 1.66. The lowest BCUT2D eigenvalue weighted by Gasteiger charge is -2.29. The summed E-state index contributed by atoms with van der Waals surface area (Å²) >= 11 is 2.12. The molecule has 39 heavy (non-hydrogen) atoms. The Morgan fingerprint density at radius 2 is 1.69 bits per heavy atom. The van der Waals surface area contributed by atoms with Crippen LogP contribution in [0.4, 0.5) is 10.5 Å². The predicted octanol–water partition coefficient (Wildman–Crippen LogP) is 6.73. The van der Waals surface area contributed by atoms with Gasteiger partial charge in [0, 0.05) is 20.6 Å². The molecule has 4 rings (SSSR count). The van der Waals surface area contributed by atoms with Crippen molar-refractivity contribution in [3.8, 4) is 11.5 Å². The number of rotatable bonds is 10. The van der Waals surface area contributed by atoms with Crippen LogP contribution in [-0.4, -0.2) is 28.4 Å². The number of phenolic OH excluding ortho intramolecular Hbond substituents is 1. The number of phenols is 1. The predicted molar refractivity (Wildman–Crippen MR) is 157 cm³/mol. The van der Waals surface area contributed by atoms with Crippen LogP contribution in [-0.2, 0) is 9.53 Å². The van der Waals surface area contributed by atoms with Gasteiger partial charge < -0.3 is 14.6 Å². The molecule has 2 amide bonds. The number of hydroxylamine groups is 1. The highest BCUT2D eigenvalue weighted by Gasteiger charge is 2.31. The molecule has 4 aromatic rings. The number of amides is 2. The number of allylic oxidation sites excluding steroid dienone is 1. The van der Waals surface area contributed by atoms with Gasteiger partial charge in [0.15, 0.2) is 6.10 Å². The number of ether oxygens (including phenoxy) is 2. The van der Waals surface area contributed by atoms with Crippen LogP contribution in [0.25, 0.3) is 10.8 Å². The molecule has 0 fully saturated rings. The van der Waals surface area contributed by atoms with Gasteiger partial charge in [-0.15, -0.1) is 0 Å². The maximum atomic E-state index is 13.3. The molecule has 0 saturated heterocycles. The van der Waals surface area contributed by atoms with E-state index in [4.69, 9.17) is 14.7 Å². The van der Waals surface area contributed by atoms with Gasteiger partial charge in [-0.25, -0.2) is 10.3 Å². The van der Waals surface area contributed by atoms with Crippen LogP contribution in [0.5, 0.6) is 11.5 Å². The van der Waals surface area contributed by atoms with Crippen LogP contribution in [0, 0.1) is 3.57 Å². The summed E-state index contributed by atoms with van der Waals surface area (Å²) in [7, 11) is 0. The first-order chi connectivity index (χ1) is 18.9. The number of fused-ring (bicyclic) bond motifs is 1. The maximum Gasteiger partial charge on any atom is 0.412 e. The van der Waals surface area contributed by atoms with E-state index >= 15 is 0 Å². The van der Waals surface area contributed by atoms with Crippen molar-refractivity contribution in [2.45, 2.75) is 25.0 Å². The van der Waals surface area contributed by atoms with Crippen molar-refractivity contribution >= 4 is 51.1 Å². The molecular formula is C30H27IN2O6. The van der Waals surface area contributed by atoms with Crippen LogP contribution in [0.1, 0.15) is 24.5 Å². The first-order valence-corrected chi connectivity index (χ1v) is 13.3. The van der Waals surface area contributed by atoms with Crippen LogP contribution >= 0.6 is 22.6 Å². The fourth-order valence-corrected chi connectivity index (χ4v) is 4.63. The summed E-state index contributed by atoms with van der Waals surface area (Å²) in [4.78, 5) is 24.7. The number of carbonyl (C=O) groups excluding carboxylic acids is 2. The number of para-hydroxylation sites is 1. The van der Waals surface area contributed by atoms with Crippen molar-refractivity contribution in [1.29, 1.82) is 0 Å². The van der Waals surface area contributed by atoms with Gasteiger partial charge in [-0.05, 0) is 77.2 Å². The third-order valence-electron chi connectivity index (χ3n) is 5.92.